The van der Waals surface area contributed by atoms with Crippen LogP contribution in [-0.4, -0.2) is 23.7 Å². The van der Waals surface area contributed by atoms with Gasteiger partial charge in [0.2, 0.25) is 0 Å². The fraction of sp³-hybridized carbons (Fsp3) is 0.714. The Hall–Kier alpha value is -1.32. The van der Waals surface area contributed by atoms with Gasteiger partial charge in [0, 0.05) is 11.5 Å². The third-order valence-electron chi connectivity index (χ3n) is 4.56. The van der Waals surface area contributed by atoms with Crippen molar-refractivity contribution in [2.24, 2.45) is 29.6 Å². The lowest BCUT2D eigenvalue weighted by atomic mass is 9.76. The number of hydrogen-bond acceptors (Lipinski definition) is 3. The van der Waals surface area contributed by atoms with E-state index in [4.69, 9.17) is 9.84 Å². The molecule has 2 aliphatic carbocycles. The van der Waals surface area contributed by atoms with E-state index in [0.717, 1.165) is 18.4 Å². The number of aliphatic carboxylic acids is 1. The second-order valence-corrected chi connectivity index (χ2v) is 5.78. The van der Waals surface area contributed by atoms with Gasteiger partial charge in [0.15, 0.2) is 0 Å². The molecule has 0 spiro atoms. The molecule has 0 aromatic heterocycles. The van der Waals surface area contributed by atoms with Crippen molar-refractivity contribution >= 4 is 11.9 Å². The molecule has 2 bridgehead atoms. The molecule has 3 rings (SSSR count). The molecule has 18 heavy (non-hydrogen) atoms. The maximum Gasteiger partial charge on any atom is 0.330 e. The minimum atomic E-state index is -0.935. The van der Waals surface area contributed by atoms with E-state index in [9.17, 15) is 9.59 Å². The third-order valence-corrected chi connectivity index (χ3v) is 4.56. The van der Waals surface area contributed by atoms with Gasteiger partial charge in [0.1, 0.15) is 0 Å². The van der Waals surface area contributed by atoms with Crippen molar-refractivity contribution in [1.29, 1.82) is 0 Å². The van der Waals surface area contributed by atoms with Crippen LogP contribution in [0.25, 0.3) is 0 Å². The van der Waals surface area contributed by atoms with Crippen LogP contribution >= 0.6 is 0 Å². The lowest BCUT2D eigenvalue weighted by Gasteiger charge is -2.25. The molecule has 5 atom stereocenters. The summed E-state index contributed by atoms with van der Waals surface area (Å²) in [5, 5.41) is 7.89. The number of fused-ring (bicyclic) bond motifs is 5. The standard InChI is InChI=1S/C10H14O2.C4H6O2/c1-5-2-6-3-7(5)9-8(6)4-12-10(9)11;1-3(2)4(5)6/h5-9H,2-4H2,1H3;1H2,2H3,(H,5,6). The minimum absolute atomic E-state index is 0.0963. The molecule has 1 saturated heterocycles. The van der Waals surface area contributed by atoms with Crippen LogP contribution in [0.4, 0.5) is 0 Å². The smallest absolute Gasteiger partial charge is 0.330 e. The summed E-state index contributed by atoms with van der Waals surface area (Å²) in [6.45, 7) is 7.61. The van der Waals surface area contributed by atoms with Gasteiger partial charge in [-0.2, -0.15) is 0 Å². The lowest BCUT2D eigenvalue weighted by molar-refractivity contribution is -0.142. The van der Waals surface area contributed by atoms with Crippen LogP contribution in [0.15, 0.2) is 12.2 Å². The number of esters is 1. The van der Waals surface area contributed by atoms with Gasteiger partial charge in [-0.3, -0.25) is 4.79 Å². The molecule has 0 aromatic carbocycles. The van der Waals surface area contributed by atoms with Crippen LogP contribution in [-0.2, 0) is 14.3 Å². The molecule has 1 heterocycles. The van der Waals surface area contributed by atoms with Crippen molar-refractivity contribution < 1.29 is 19.4 Å². The maximum absolute atomic E-state index is 11.4. The second-order valence-electron chi connectivity index (χ2n) is 5.78. The molecule has 5 unspecified atom stereocenters. The molecule has 0 amide bonds. The number of cyclic esters (lactones) is 1. The second kappa shape index (κ2) is 4.75. The molecule has 1 aliphatic heterocycles. The van der Waals surface area contributed by atoms with E-state index < -0.39 is 5.97 Å². The van der Waals surface area contributed by atoms with E-state index in [1.165, 1.54) is 19.8 Å². The van der Waals surface area contributed by atoms with Crippen LogP contribution in [0.2, 0.25) is 0 Å². The van der Waals surface area contributed by atoms with Gasteiger partial charge in [0.25, 0.3) is 0 Å². The molecular weight excluding hydrogens is 232 g/mol. The molecule has 0 aromatic rings. The Balaban J connectivity index is 0.000000174. The van der Waals surface area contributed by atoms with Crippen LogP contribution in [0.3, 0.4) is 0 Å². The van der Waals surface area contributed by atoms with Crippen molar-refractivity contribution in [3.8, 4) is 0 Å². The van der Waals surface area contributed by atoms with Crippen LogP contribution in [0.1, 0.15) is 26.7 Å². The number of carbonyl (C=O) groups excluding carboxylic acids is 1. The zero-order valence-electron chi connectivity index (χ0n) is 10.9. The zero-order valence-corrected chi connectivity index (χ0v) is 10.9. The maximum atomic E-state index is 11.4. The number of hydrogen-bond donors (Lipinski definition) is 1. The van der Waals surface area contributed by atoms with Crippen LogP contribution in [0, 0.1) is 29.6 Å². The fourth-order valence-corrected chi connectivity index (χ4v) is 3.66. The first-order chi connectivity index (χ1) is 8.41. The highest BCUT2D eigenvalue weighted by molar-refractivity contribution is 5.84. The summed E-state index contributed by atoms with van der Waals surface area (Å²) in [7, 11) is 0. The predicted molar refractivity (Wildman–Crippen MR) is 65.8 cm³/mol. The van der Waals surface area contributed by atoms with Gasteiger partial charge in [-0.05, 0) is 37.5 Å². The molecule has 2 saturated carbocycles. The summed E-state index contributed by atoms with van der Waals surface area (Å²) in [6, 6.07) is 0. The molecule has 3 fully saturated rings. The van der Waals surface area contributed by atoms with E-state index in [2.05, 4.69) is 13.5 Å². The highest BCUT2D eigenvalue weighted by Crippen LogP contribution is 2.57. The number of rotatable bonds is 1. The van der Waals surface area contributed by atoms with Gasteiger partial charge >= 0.3 is 11.9 Å². The first kappa shape index (κ1) is 13.1. The van der Waals surface area contributed by atoms with Gasteiger partial charge in [-0.25, -0.2) is 4.79 Å². The van der Waals surface area contributed by atoms with E-state index in [1.807, 2.05) is 0 Å². The number of carboxylic acids is 1. The molecular formula is C14H20O4. The van der Waals surface area contributed by atoms with E-state index in [1.54, 1.807) is 0 Å². The Kier molecular flexibility index (Phi) is 3.46. The quantitative estimate of drug-likeness (QED) is 0.573. The monoisotopic (exact) mass is 252 g/mol. The summed E-state index contributed by atoms with van der Waals surface area (Å²) >= 11 is 0. The molecule has 4 heteroatoms. The van der Waals surface area contributed by atoms with Crippen molar-refractivity contribution in [3.63, 3.8) is 0 Å². The Labute approximate surface area is 107 Å². The van der Waals surface area contributed by atoms with Crippen molar-refractivity contribution in [1.82, 2.24) is 0 Å². The number of ether oxygens (including phenoxy) is 1. The minimum Gasteiger partial charge on any atom is -0.478 e. The Morgan fingerprint density at radius 2 is 2.00 bits per heavy atom. The molecule has 3 aliphatic rings. The SMILES string of the molecule is C=C(C)C(=O)O.CC1CC2CC1C1C(=O)OCC21. The lowest BCUT2D eigenvalue weighted by Crippen LogP contribution is -2.27. The van der Waals surface area contributed by atoms with Crippen LogP contribution in [0.5, 0.6) is 0 Å². The topological polar surface area (TPSA) is 63.6 Å². The van der Waals surface area contributed by atoms with Crippen molar-refractivity contribution in [2.45, 2.75) is 26.7 Å². The summed E-state index contributed by atoms with van der Waals surface area (Å²) in [6.07, 6.45) is 2.63. The first-order valence-corrected chi connectivity index (χ1v) is 6.47. The Bertz CT molecular complexity index is 375. The number of carbonyl (C=O) groups is 2. The fourth-order valence-electron chi connectivity index (χ4n) is 3.66. The average molecular weight is 252 g/mol. The van der Waals surface area contributed by atoms with E-state index in [-0.39, 0.29) is 11.5 Å². The first-order valence-electron chi connectivity index (χ1n) is 6.47. The van der Waals surface area contributed by atoms with Gasteiger partial charge in [0.05, 0.1) is 12.5 Å². The van der Waals surface area contributed by atoms with Crippen molar-refractivity contribution in [3.05, 3.63) is 12.2 Å². The van der Waals surface area contributed by atoms with Crippen LogP contribution < -0.4 is 0 Å². The largest absolute Gasteiger partial charge is 0.478 e. The number of carboxylic acid groups (broad SMARTS) is 1. The highest BCUT2D eigenvalue weighted by Gasteiger charge is 2.57. The summed E-state index contributed by atoms with van der Waals surface area (Å²) in [5.74, 6) is 2.28. The molecule has 1 N–H and O–H groups in total. The summed E-state index contributed by atoms with van der Waals surface area (Å²) in [5.41, 5.74) is 0.176. The Morgan fingerprint density at radius 3 is 2.56 bits per heavy atom. The van der Waals surface area contributed by atoms with E-state index >= 15 is 0 Å². The molecule has 4 nitrogen and oxygen atoms in total. The molecule has 0 radical (unpaired) electrons. The highest BCUT2D eigenvalue weighted by atomic mass is 16.5. The van der Waals surface area contributed by atoms with Crippen molar-refractivity contribution in [2.75, 3.05) is 6.61 Å². The normalized spacial score (nSPS) is 39.7. The summed E-state index contributed by atoms with van der Waals surface area (Å²) < 4.78 is 5.11. The van der Waals surface area contributed by atoms with Gasteiger partial charge in [-0.15, -0.1) is 0 Å². The zero-order chi connectivity index (χ0) is 13.4. The average Bonchev–Trinajstić information content (AvgIpc) is 2.92. The third kappa shape index (κ3) is 2.16. The van der Waals surface area contributed by atoms with E-state index in [0.29, 0.717) is 17.8 Å². The Morgan fingerprint density at radius 1 is 1.39 bits per heavy atom. The summed E-state index contributed by atoms with van der Waals surface area (Å²) in [4.78, 5) is 21.0. The van der Waals surface area contributed by atoms with Gasteiger partial charge in [-0.1, -0.05) is 13.5 Å². The predicted octanol–water partition coefficient (Wildman–Crippen LogP) is 2.10. The van der Waals surface area contributed by atoms with Gasteiger partial charge < -0.3 is 9.84 Å². The molecule has 100 valence electrons.